The van der Waals surface area contributed by atoms with Crippen LogP contribution in [0.3, 0.4) is 0 Å². The number of sulfone groups is 1. The Morgan fingerprint density at radius 1 is 1.11 bits per heavy atom. The second-order valence-corrected chi connectivity index (χ2v) is 7.77. The Kier molecular flexibility index (Phi) is 4.50. The molecule has 142 valence electrons. The molecule has 6 nitrogen and oxygen atoms in total. The van der Waals surface area contributed by atoms with Gasteiger partial charge in [-0.15, -0.1) is 5.10 Å². The number of benzene rings is 1. The van der Waals surface area contributed by atoms with Crippen LogP contribution in [0.1, 0.15) is 11.4 Å². The van der Waals surface area contributed by atoms with Gasteiger partial charge in [-0.05, 0) is 42.8 Å². The lowest BCUT2D eigenvalue weighted by Crippen LogP contribution is -2.09. The number of halogens is 4. The molecule has 0 aliphatic carbocycles. The minimum atomic E-state index is -4.80. The van der Waals surface area contributed by atoms with E-state index in [-0.39, 0.29) is 27.7 Å². The largest absolute Gasteiger partial charge is 0.453 e. The first-order valence-corrected chi connectivity index (χ1v) is 9.33. The first kappa shape index (κ1) is 19.0. The van der Waals surface area contributed by atoms with E-state index in [1.807, 2.05) is 0 Å². The van der Waals surface area contributed by atoms with Crippen LogP contribution in [0.15, 0.2) is 41.4 Å². The van der Waals surface area contributed by atoms with E-state index in [9.17, 15) is 26.0 Å². The van der Waals surface area contributed by atoms with Crippen LogP contribution in [0.5, 0.6) is 0 Å². The van der Waals surface area contributed by atoms with Gasteiger partial charge in [0.25, 0.3) is 5.82 Å². The summed E-state index contributed by atoms with van der Waals surface area (Å²) in [5, 5.41) is 3.45. The molecule has 0 amide bonds. The van der Waals surface area contributed by atoms with Crippen molar-refractivity contribution in [3.05, 3.63) is 53.7 Å². The fourth-order valence-corrected chi connectivity index (χ4v) is 2.84. The first-order chi connectivity index (χ1) is 12.5. The average molecular weight is 400 g/mol. The van der Waals surface area contributed by atoms with Gasteiger partial charge < -0.3 is 0 Å². The highest BCUT2D eigenvalue weighted by Crippen LogP contribution is 2.30. The number of nitrogens with zero attached hydrogens (tertiary/aromatic N) is 4. The van der Waals surface area contributed by atoms with Gasteiger partial charge in [0.2, 0.25) is 0 Å². The van der Waals surface area contributed by atoms with E-state index in [1.165, 1.54) is 31.2 Å². The third-order valence-electron chi connectivity index (χ3n) is 3.64. The van der Waals surface area contributed by atoms with E-state index in [4.69, 9.17) is 0 Å². The molecule has 11 heteroatoms. The summed E-state index contributed by atoms with van der Waals surface area (Å²) in [6.45, 7) is 1.46. The Labute approximate surface area is 151 Å². The fraction of sp³-hybridized carbons (Fsp3) is 0.188. The van der Waals surface area contributed by atoms with Crippen molar-refractivity contribution >= 4 is 9.84 Å². The molecular weight excluding hydrogens is 388 g/mol. The Balaban J connectivity index is 2.19. The van der Waals surface area contributed by atoms with E-state index in [1.54, 1.807) is 0 Å². The summed E-state index contributed by atoms with van der Waals surface area (Å²) >= 11 is 0. The molecule has 2 aromatic heterocycles. The van der Waals surface area contributed by atoms with Gasteiger partial charge in [-0.2, -0.15) is 17.9 Å². The third kappa shape index (κ3) is 3.82. The van der Waals surface area contributed by atoms with Gasteiger partial charge >= 0.3 is 6.18 Å². The highest BCUT2D eigenvalue weighted by atomic mass is 32.2. The fourth-order valence-electron chi connectivity index (χ4n) is 2.28. The van der Waals surface area contributed by atoms with Crippen molar-refractivity contribution < 1.29 is 26.0 Å². The summed E-state index contributed by atoms with van der Waals surface area (Å²) in [5.41, 5.74) is 0.418. The SMILES string of the molecule is Cc1cc(-c2nc(C(F)(F)F)nn2-c2ccc(S(C)(=O)=O)cn2)ccc1F. The van der Waals surface area contributed by atoms with E-state index in [2.05, 4.69) is 15.1 Å². The Morgan fingerprint density at radius 2 is 1.81 bits per heavy atom. The van der Waals surface area contributed by atoms with Crippen molar-refractivity contribution in [3.63, 3.8) is 0 Å². The molecule has 3 aromatic rings. The van der Waals surface area contributed by atoms with Crippen LogP contribution in [-0.4, -0.2) is 34.4 Å². The summed E-state index contributed by atoms with van der Waals surface area (Å²) in [4.78, 5) is 7.30. The molecule has 0 fully saturated rings. The quantitative estimate of drug-likeness (QED) is 0.631. The predicted molar refractivity (Wildman–Crippen MR) is 87.4 cm³/mol. The maximum absolute atomic E-state index is 13.5. The number of aromatic nitrogens is 4. The van der Waals surface area contributed by atoms with Gasteiger partial charge in [-0.25, -0.2) is 22.8 Å². The van der Waals surface area contributed by atoms with Crippen molar-refractivity contribution in [3.8, 4) is 17.2 Å². The molecule has 0 radical (unpaired) electrons. The molecule has 0 unspecified atom stereocenters. The highest BCUT2D eigenvalue weighted by Gasteiger charge is 2.37. The van der Waals surface area contributed by atoms with Gasteiger partial charge in [0.05, 0.1) is 4.90 Å². The van der Waals surface area contributed by atoms with E-state index < -0.39 is 27.7 Å². The van der Waals surface area contributed by atoms with Crippen molar-refractivity contribution in [1.29, 1.82) is 0 Å². The van der Waals surface area contributed by atoms with Gasteiger partial charge in [-0.3, -0.25) is 0 Å². The van der Waals surface area contributed by atoms with Crippen molar-refractivity contribution in [2.45, 2.75) is 18.0 Å². The van der Waals surface area contributed by atoms with Crippen molar-refractivity contribution in [2.75, 3.05) is 6.26 Å². The van der Waals surface area contributed by atoms with Gasteiger partial charge in [0.15, 0.2) is 21.5 Å². The molecule has 27 heavy (non-hydrogen) atoms. The summed E-state index contributed by atoms with van der Waals surface area (Å²) in [6, 6.07) is 6.13. The zero-order valence-corrected chi connectivity index (χ0v) is 14.8. The van der Waals surface area contributed by atoms with Gasteiger partial charge in [0, 0.05) is 18.0 Å². The maximum atomic E-state index is 13.5. The van der Waals surface area contributed by atoms with Crippen molar-refractivity contribution in [2.24, 2.45) is 0 Å². The molecule has 0 aliphatic heterocycles. The Hall–Kier alpha value is -2.82. The summed E-state index contributed by atoms with van der Waals surface area (Å²) in [6.07, 6.45) is -2.81. The summed E-state index contributed by atoms with van der Waals surface area (Å²) in [5.74, 6) is -2.18. The molecule has 0 saturated heterocycles. The standard InChI is InChI=1S/C16H12F4N4O2S/c1-9-7-10(3-5-12(9)17)14-22-15(16(18,19)20)23-24(14)13-6-4-11(8-21-13)27(2,25)26/h3-8H,1-2H3. The van der Waals surface area contributed by atoms with Crippen LogP contribution in [-0.2, 0) is 16.0 Å². The predicted octanol–water partition coefficient (Wildman–Crippen LogP) is 3.20. The monoisotopic (exact) mass is 400 g/mol. The summed E-state index contributed by atoms with van der Waals surface area (Å²) in [7, 11) is -3.52. The van der Waals surface area contributed by atoms with E-state index in [0.717, 1.165) is 23.2 Å². The molecule has 0 bridgehead atoms. The molecule has 0 atom stereocenters. The lowest BCUT2D eigenvalue weighted by molar-refractivity contribution is -0.144. The van der Waals surface area contributed by atoms with Crippen LogP contribution in [0.4, 0.5) is 17.6 Å². The smallest absolute Gasteiger partial charge is 0.236 e. The molecule has 0 N–H and O–H groups in total. The molecule has 0 saturated carbocycles. The molecule has 1 aromatic carbocycles. The second-order valence-electron chi connectivity index (χ2n) is 5.76. The number of aryl methyl sites for hydroxylation is 1. The van der Waals surface area contributed by atoms with E-state index in [0.29, 0.717) is 0 Å². The minimum absolute atomic E-state index is 0.0672. The van der Waals surface area contributed by atoms with Gasteiger partial charge in [-0.1, -0.05) is 0 Å². The Morgan fingerprint density at radius 3 is 2.33 bits per heavy atom. The third-order valence-corrected chi connectivity index (χ3v) is 4.74. The van der Waals surface area contributed by atoms with Gasteiger partial charge in [0.1, 0.15) is 5.82 Å². The number of pyridine rings is 1. The van der Waals surface area contributed by atoms with Crippen LogP contribution in [0.2, 0.25) is 0 Å². The molecule has 0 aliphatic rings. The lowest BCUT2D eigenvalue weighted by atomic mass is 10.1. The molecule has 3 rings (SSSR count). The minimum Gasteiger partial charge on any atom is -0.236 e. The zero-order valence-electron chi connectivity index (χ0n) is 14.0. The van der Waals surface area contributed by atoms with E-state index >= 15 is 0 Å². The normalized spacial score (nSPS) is 12.4. The zero-order chi connectivity index (χ0) is 20.0. The van der Waals surface area contributed by atoms with Crippen LogP contribution >= 0.6 is 0 Å². The lowest BCUT2D eigenvalue weighted by Gasteiger charge is -2.07. The molecular formula is C16H12F4N4O2S. The number of rotatable bonds is 3. The van der Waals surface area contributed by atoms with Crippen LogP contribution in [0.25, 0.3) is 17.2 Å². The molecule has 2 heterocycles. The number of alkyl halides is 3. The first-order valence-electron chi connectivity index (χ1n) is 7.44. The van der Waals surface area contributed by atoms with Crippen molar-refractivity contribution in [1.82, 2.24) is 19.7 Å². The number of hydrogen-bond acceptors (Lipinski definition) is 5. The topological polar surface area (TPSA) is 77.7 Å². The second kappa shape index (κ2) is 6.41. The highest BCUT2D eigenvalue weighted by molar-refractivity contribution is 7.90. The maximum Gasteiger partial charge on any atom is 0.453 e. The van der Waals surface area contributed by atoms with Crippen LogP contribution < -0.4 is 0 Å². The van der Waals surface area contributed by atoms with Crippen LogP contribution in [0, 0.1) is 12.7 Å². The average Bonchev–Trinajstić information content (AvgIpc) is 3.02. The Bertz CT molecular complexity index is 1110. The number of hydrogen-bond donors (Lipinski definition) is 0. The molecule has 0 spiro atoms. The summed E-state index contributed by atoms with van der Waals surface area (Å²) < 4.78 is 76.6.